The van der Waals surface area contributed by atoms with E-state index >= 15 is 0 Å². The first-order valence-corrected chi connectivity index (χ1v) is 22.5. The van der Waals surface area contributed by atoms with Crippen LogP contribution in [0, 0.1) is 0 Å². The lowest BCUT2D eigenvalue weighted by Crippen LogP contribution is -2.15. The smallest absolute Gasteiger partial charge is 0.0692 e. The zero-order valence-electron chi connectivity index (χ0n) is 33.8. The molecule has 0 fully saturated rings. The van der Waals surface area contributed by atoms with Crippen LogP contribution >= 0.6 is 23.5 Å². The Labute approximate surface area is 365 Å². The lowest BCUT2D eigenvalue weighted by atomic mass is 9.82. The van der Waals surface area contributed by atoms with Crippen LogP contribution in [0.5, 0.6) is 0 Å². The summed E-state index contributed by atoms with van der Waals surface area (Å²) in [4.78, 5) is 7.62. The predicted octanol–water partition coefficient (Wildman–Crippen LogP) is 16.5. The van der Waals surface area contributed by atoms with Gasteiger partial charge in [0.05, 0.1) is 15.9 Å². The second-order valence-electron chi connectivity index (χ2n) is 16.5. The summed E-state index contributed by atoms with van der Waals surface area (Å²) in [5, 5.41) is 2.57. The molecule has 0 amide bonds. The van der Waals surface area contributed by atoms with Gasteiger partial charge in [0.25, 0.3) is 0 Å². The van der Waals surface area contributed by atoms with Crippen LogP contribution in [0.15, 0.2) is 226 Å². The maximum Gasteiger partial charge on any atom is 0.0692 e. The molecule has 290 valence electrons. The molecule has 2 nitrogen and oxygen atoms in total. The van der Waals surface area contributed by atoms with E-state index in [0.29, 0.717) is 0 Å². The zero-order chi connectivity index (χ0) is 40.7. The van der Waals surface area contributed by atoms with Crippen molar-refractivity contribution in [1.29, 1.82) is 0 Å². The average molecular weight is 817 g/mol. The van der Waals surface area contributed by atoms with Crippen molar-refractivity contribution in [3.63, 3.8) is 0 Å². The number of benzene rings is 9. The molecule has 12 rings (SSSR count). The Morgan fingerprint density at radius 3 is 1.56 bits per heavy atom. The first-order chi connectivity index (χ1) is 30.0. The second kappa shape index (κ2) is 14.2. The van der Waals surface area contributed by atoms with E-state index in [0.717, 1.165) is 22.7 Å². The molecule has 1 aliphatic carbocycles. The molecule has 9 aromatic carbocycles. The minimum absolute atomic E-state index is 0.110. The Morgan fingerprint density at radius 2 is 0.934 bits per heavy atom. The fourth-order valence-electron chi connectivity index (χ4n) is 9.61. The third kappa shape index (κ3) is 5.89. The van der Waals surface area contributed by atoms with Crippen molar-refractivity contribution in [2.24, 2.45) is 0 Å². The van der Waals surface area contributed by atoms with Crippen molar-refractivity contribution < 1.29 is 0 Å². The Balaban J connectivity index is 1.03. The van der Waals surface area contributed by atoms with E-state index in [1.54, 1.807) is 0 Å². The molecule has 1 aromatic heterocycles. The number of rotatable bonds is 6. The number of nitrogens with zero attached hydrogens (tertiary/aromatic N) is 2. The predicted molar refractivity (Wildman–Crippen MR) is 259 cm³/mol. The van der Waals surface area contributed by atoms with Gasteiger partial charge in [0.1, 0.15) is 0 Å². The van der Waals surface area contributed by atoms with Gasteiger partial charge in [-0.1, -0.05) is 165 Å². The van der Waals surface area contributed by atoms with Gasteiger partial charge in [0, 0.05) is 53.6 Å². The Kier molecular flexibility index (Phi) is 8.42. The highest BCUT2D eigenvalue weighted by Crippen LogP contribution is 2.55. The van der Waals surface area contributed by atoms with E-state index in [-0.39, 0.29) is 5.41 Å². The van der Waals surface area contributed by atoms with E-state index in [1.165, 1.54) is 85.9 Å². The van der Waals surface area contributed by atoms with Gasteiger partial charge in [-0.25, -0.2) is 0 Å². The van der Waals surface area contributed by atoms with Crippen LogP contribution in [0.4, 0.5) is 17.1 Å². The fourth-order valence-corrected chi connectivity index (χ4v) is 12.0. The number of fused-ring (bicyclic) bond motifs is 9. The molecule has 2 aliphatic rings. The Morgan fingerprint density at radius 1 is 0.410 bits per heavy atom. The summed E-state index contributed by atoms with van der Waals surface area (Å²) in [6, 6.07) is 75.8. The molecule has 0 radical (unpaired) electrons. The van der Waals surface area contributed by atoms with E-state index in [4.69, 9.17) is 0 Å². The SMILES string of the molecule is CC1(C)c2ccccc2-c2cc3c4ccc5c(c4n(-c4ccc(N(c6ccc(-c7ccccc7)cc6)c6ccc(-c7ccccc7)cc6)cc4)c3cc21)Sc1ccccc1S5. The summed E-state index contributed by atoms with van der Waals surface area (Å²) in [6.07, 6.45) is 0. The van der Waals surface area contributed by atoms with Gasteiger partial charge in [-0.3, -0.25) is 0 Å². The van der Waals surface area contributed by atoms with Crippen LogP contribution in [0.1, 0.15) is 25.0 Å². The summed E-state index contributed by atoms with van der Waals surface area (Å²) in [6.45, 7) is 4.76. The summed E-state index contributed by atoms with van der Waals surface area (Å²) in [7, 11) is 0. The van der Waals surface area contributed by atoms with Gasteiger partial charge in [0.2, 0.25) is 0 Å². The topological polar surface area (TPSA) is 8.17 Å². The lowest BCUT2D eigenvalue weighted by Gasteiger charge is -2.26. The first kappa shape index (κ1) is 36.2. The minimum Gasteiger partial charge on any atom is -0.311 e. The number of aromatic nitrogens is 1. The maximum atomic E-state index is 2.54. The first-order valence-electron chi connectivity index (χ1n) is 20.9. The summed E-state index contributed by atoms with van der Waals surface area (Å²) in [5.41, 5.74) is 17.2. The molecular formula is C57H40N2S2. The standard InChI is InChI=1S/C57H40N2S2/c1-57(2)49-18-10-9-17-45(49)47-35-48-46-33-34-54-56(61-53-20-12-11-19-52(53)60-54)55(46)59(51(48)36-50(47)57)44-31-29-43(30-32-44)58(41-25-21-39(22-26-41)37-13-5-3-6-14-37)42-27-23-40(24-28-42)38-15-7-4-8-16-38/h3-36H,1-2H3. The zero-order valence-corrected chi connectivity index (χ0v) is 35.5. The van der Waals surface area contributed by atoms with Crippen molar-refractivity contribution in [3.8, 4) is 39.1 Å². The van der Waals surface area contributed by atoms with Crippen LogP contribution in [0.2, 0.25) is 0 Å². The summed E-state index contributed by atoms with van der Waals surface area (Å²) >= 11 is 3.79. The van der Waals surface area contributed by atoms with Crippen LogP contribution < -0.4 is 4.90 Å². The molecule has 2 heterocycles. The quantitative estimate of drug-likeness (QED) is 0.165. The summed E-state index contributed by atoms with van der Waals surface area (Å²) < 4.78 is 2.54. The highest BCUT2D eigenvalue weighted by molar-refractivity contribution is 8.05. The monoisotopic (exact) mass is 816 g/mol. The second-order valence-corrected chi connectivity index (χ2v) is 18.7. The minimum atomic E-state index is -0.110. The largest absolute Gasteiger partial charge is 0.311 e. The van der Waals surface area contributed by atoms with E-state index in [1.807, 2.05) is 23.5 Å². The molecule has 0 bridgehead atoms. The number of anilines is 3. The lowest BCUT2D eigenvalue weighted by molar-refractivity contribution is 0.661. The van der Waals surface area contributed by atoms with Crippen molar-refractivity contribution in [3.05, 3.63) is 217 Å². The molecule has 0 N–H and O–H groups in total. The summed E-state index contributed by atoms with van der Waals surface area (Å²) in [5.74, 6) is 0. The Bertz CT molecular complexity index is 3210. The molecule has 0 atom stereocenters. The third-order valence-electron chi connectivity index (χ3n) is 12.7. The van der Waals surface area contributed by atoms with E-state index in [2.05, 4.69) is 230 Å². The van der Waals surface area contributed by atoms with Crippen molar-refractivity contribution in [2.45, 2.75) is 38.8 Å². The normalized spacial score (nSPS) is 13.4. The van der Waals surface area contributed by atoms with E-state index in [9.17, 15) is 0 Å². The van der Waals surface area contributed by atoms with Crippen molar-refractivity contribution >= 4 is 62.4 Å². The third-order valence-corrected chi connectivity index (χ3v) is 15.3. The number of hydrogen-bond acceptors (Lipinski definition) is 3. The van der Waals surface area contributed by atoms with Crippen LogP contribution in [-0.2, 0) is 5.41 Å². The van der Waals surface area contributed by atoms with Crippen LogP contribution in [0.3, 0.4) is 0 Å². The molecule has 10 aromatic rings. The van der Waals surface area contributed by atoms with Crippen molar-refractivity contribution in [1.82, 2.24) is 4.57 Å². The van der Waals surface area contributed by atoms with Gasteiger partial charge in [0.15, 0.2) is 0 Å². The average Bonchev–Trinajstić information content (AvgIpc) is 3.76. The molecule has 0 saturated carbocycles. The van der Waals surface area contributed by atoms with Gasteiger partial charge in [-0.2, -0.15) is 0 Å². The van der Waals surface area contributed by atoms with Gasteiger partial charge in [-0.15, -0.1) is 0 Å². The molecule has 1 aliphatic heterocycles. The van der Waals surface area contributed by atoms with Crippen LogP contribution in [0.25, 0.3) is 60.9 Å². The highest BCUT2D eigenvalue weighted by Gasteiger charge is 2.36. The molecule has 4 heteroatoms. The molecule has 0 saturated heterocycles. The van der Waals surface area contributed by atoms with Crippen molar-refractivity contribution in [2.75, 3.05) is 4.90 Å². The van der Waals surface area contributed by atoms with E-state index < -0.39 is 0 Å². The maximum absolute atomic E-state index is 2.54. The molecular weight excluding hydrogens is 777 g/mol. The Hall–Kier alpha value is -6.72. The van der Waals surface area contributed by atoms with Gasteiger partial charge < -0.3 is 9.47 Å². The fraction of sp³-hybridized carbons (Fsp3) is 0.0526. The molecule has 61 heavy (non-hydrogen) atoms. The van der Waals surface area contributed by atoms with Crippen LogP contribution in [-0.4, -0.2) is 4.57 Å². The van der Waals surface area contributed by atoms with Gasteiger partial charge in [-0.05, 0) is 123 Å². The molecule has 0 unspecified atom stereocenters. The molecule has 0 spiro atoms. The van der Waals surface area contributed by atoms with Gasteiger partial charge >= 0.3 is 0 Å². The number of hydrogen-bond donors (Lipinski definition) is 0. The highest BCUT2D eigenvalue weighted by atomic mass is 32.2.